The van der Waals surface area contributed by atoms with Crippen LogP contribution < -0.4 is 10.6 Å². The quantitative estimate of drug-likeness (QED) is 0.195. The zero-order valence-corrected chi connectivity index (χ0v) is 21.7. The van der Waals surface area contributed by atoms with Crippen LogP contribution in [0, 0.1) is 0 Å². The highest BCUT2D eigenvalue weighted by molar-refractivity contribution is 9.10. The predicted molar refractivity (Wildman–Crippen MR) is 143 cm³/mol. The molecule has 0 spiro atoms. The summed E-state index contributed by atoms with van der Waals surface area (Å²) in [5.41, 5.74) is 3.62. The van der Waals surface area contributed by atoms with Crippen molar-refractivity contribution in [2.45, 2.75) is 19.6 Å². The Kier molecular flexibility index (Phi) is 7.90. The maximum Gasteiger partial charge on any atom is 0.253 e. The van der Waals surface area contributed by atoms with Crippen LogP contribution in [0.1, 0.15) is 23.7 Å². The third-order valence-electron chi connectivity index (χ3n) is 5.41. The maximum absolute atomic E-state index is 12.7. The van der Waals surface area contributed by atoms with Gasteiger partial charge in [0.1, 0.15) is 12.0 Å². The summed E-state index contributed by atoms with van der Waals surface area (Å²) in [6.07, 6.45) is 1.78. The van der Waals surface area contributed by atoms with Crippen molar-refractivity contribution >= 4 is 50.6 Å². The van der Waals surface area contributed by atoms with E-state index in [1.807, 2.05) is 30.3 Å². The second-order valence-corrected chi connectivity index (χ2v) is 9.40. The predicted octanol–water partition coefficient (Wildman–Crippen LogP) is 5.14. The van der Waals surface area contributed by atoms with Gasteiger partial charge in [0.15, 0.2) is 5.65 Å². The van der Waals surface area contributed by atoms with E-state index in [0.717, 1.165) is 33.7 Å². The first-order chi connectivity index (χ1) is 16.8. The molecule has 0 aliphatic rings. The van der Waals surface area contributed by atoms with Crippen molar-refractivity contribution in [2.75, 3.05) is 30.8 Å². The van der Waals surface area contributed by atoms with Gasteiger partial charge in [-0.15, -0.1) is 0 Å². The summed E-state index contributed by atoms with van der Waals surface area (Å²) in [7, 11) is 1.79. The molecular weight excluding hydrogens is 532 g/mol. The Hall–Kier alpha value is -3.14. The number of carbonyl (C=O) groups is 1. The SMILES string of the molecule is CC(O)Nc1ccc(C(=O)N(C)CCCNc2cc(-c3ccccc3Cl)nc3c(Br)cnn23)cc1. The van der Waals surface area contributed by atoms with Crippen molar-refractivity contribution in [3.63, 3.8) is 0 Å². The van der Waals surface area contributed by atoms with E-state index in [0.29, 0.717) is 29.3 Å². The second-order valence-electron chi connectivity index (χ2n) is 8.14. The molecule has 0 bridgehead atoms. The highest BCUT2D eigenvalue weighted by Crippen LogP contribution is 2.30. The molecule has 0 aliphatic heterocycles. The second kappa shape index (κ2) is 11.1. The summed E-state index contributed by atoms with van der Waals surface area (Å²) in [4.78, 5) is 19.2. The van der Waals surface area contributed by atoms with Gasteiger partial charge in [-0.05, 0) is 59.6 Å². The molecule has 4 rings (SSSR count). The van der Waals surface area contributed by atoms with Crippen LogP contribution in [0.15, 0.2) is 65.3 Å². The fourth-order valence-corrected chi connectivity index (χ4v) is 4.25. The average Bonchev–Trinajstić information content (AvgIpc) is 3.22. The molecule has 0 saturated heterocycles. The minimum atomic E-state index is -0.656. The highest BCUT2D eigenvalue weighted by Gasteiger charge is 2.14. The van der Waals surface area contributed by atoms with E-state index in [2.05, 4.69) is 31.7 Å². The molecule has 4 aromatic rings. The first-order valence-electron chi connectivity index (χ1n) is 11.2. The van der Waals surface area contributed by atoms with Gasteiger partial charge in [0.05, 0.1) is 16.4 Å². The minimum absolute atomic E-state index is 0.0584. The van der Waals surface area contributed by atoms with Crippen LogP contribution in [-0.2, 0) is 0 Å². The van der Waals surface area contributed by atoms with E-state index < -0.39 is 6.23 Å². The third-order valence-corrected chi connectivity index (χ3v) is 6.30. The number of halogens is 2. The molecular formula is C25H26BrClN6O2. The number of benzene rings is 2. The van der Waals surface area contributed by atoms with Gasteiger partial charge >= 0.3 is 0 Å². The molecule has 2 aromatic carbocycles. The zero-order chi connectivity index (χ0) is 24.9. The Bertz CT molecular complexity index is 1330. The van der Waals surface area contributed by atoms with Gasteiger partial charge < -0.3 is 20.6 Å². The van der Waals surface area contributed by atoms with Crippen LogP contribution in [0.3, 0.4) is 0 Å². The van der Waals surface area contributed by atoms with Crippen molar-refractivity contribution < 1.29 is 9.90 Å². The first kappa shape index (κ1) is 25.0. The maximum atomic E-state index is 12.7. The number of aliphatic hydroxyl groups excluding tert-OH is 1. The molecule has 1 amide bonds. The number of hydrogen-bond donors (Lipinski definition) is 3. The smallest absolute Gasteiger partial charge is 0.253 e. The van der Waals surface area contributed by atoms with E-state index in [1.54, 1.807) is 53.8 Å². The van der Waals surface area contributed by atoms with Crippen LogP contribution in [0.5, 0.6) is 0 Å². The van der Waals surface area contributed by atoms with Gasteiger partial charge in [-0.25, -0.2) is 4.98 Å². The highest BCUT2D eigenvalue weighted by atomic mass is 79.9. The number of anilines is 2. The molecule has 2 heterocycles. The van der Waals surface area contributed by atoms with E-state index in [1.165, 1.54) is 0 Å². The van der Waals surface area contributed by atoms with Crippen LogP contribution >= 0.6 is 27.5 Å². The first-order valence-corrected chi connectivity index (χ1v) is 12.3. The lowest BCUT2D eigenvalue weighted by molar-refractivity contribution is 0.0794. The molecule has 3 N–H and O–H groups in total. The monoisotopic (exact) mass is 556 g/mol. The molecule has 182 valence electrons. The summed E-state index contributed by atoms with van der Waals surface area (Å²) < 4.78 is 2.52. The summed E-state index contributed by atoms with van der Waals surface area (Å²) in [6, 6.07) is 16.6. The van der Waals surface area contributed by atoms with Crippen molar-refractivity contribution in [1.29, 1.82) is 0 Å². The Morgan fingerprint density at radius 2 is 1.97 bits per heavy atom. The number of fused-ring (bicyclic) bond motifs is 1. The largest absolute Gasteiger partial charge is 0.374 e. The van der Waals surface area contributed by atoms with Gasteiger partial charge in [0.2, 0.25) is 0 Å². The minimum Gasteiger partial charge on any atom is -0.374 e. The van der Waals surface area contributed by atoms with Crippen LogP contribution in [0.4, 0.5) is 11.5 Å². The number of nitrogens with one attached hydrogen (secondary N) is 2. The lowest BCUT2D eigenvalue weighted by atomic mass is 10.1. The number of amides is 1. The van der Waals surface area contributed by atoms with Crippen molar-refractivity contribution in [3.8, 4) is 11.3 Å². The summed E-state index contributed by atoms with van der Waals surface area (Å²) >= 11 is 9.92. The summed E-state index contributed by atoms with van der Waals surface area (Å²) in [5.74, 6) is 0.725. The molecule has 2 aromatic heterocycles. The number of rotatable bonds is 9. The van der Waals surface area contributed by atoms with Crippen molar-refractivity contribution in [2.24, 2.45) is 0 Å². The molecule has 35 heavy (non-hydrogen) atoms. The number of carbonyl (C=O) groups excluding carboxylic acids is 1. The van der Waals surface area contributed by atoms with E-state index in [4.69, 9.17) is 16.6 Å². The number of hydrogen-bond acceptors (Lipinski definition) is 6. The number of nitrogens with zero attached hydrogens (tertiary/aromatic N) is 4. The topological polar surface area (TPSA) is 94.8 Å². The lowest BCUT2D eigenvalue weighted by Gasteiger charge is -2.18. The van der Waals surface area contributed by atoms with E-state index in [-0.39, 0.29) is 5.91 Å². The fourth-order valence-electron chi connectivity index (χ4n) is 3.67. The fraction of sp³-hybridized carbons (Fsp3) is 0.240. The molecule has 0 fully saturated rings. The average molecular weight is 558 g/mol. The van der Waals surface area contributed by atoms with Gasteiger partial charge in [0, 0.05) is 48.0 Å². The van der Waals surface area contributed by atoms with Crippen molar-refractivity contribution in [3.05, 3.63) is 75.9 Å². The third kappa shape index (κ3) is 5.93. The van der Waals surface area contributed by atoms with Gasteiger partial charge in [0.25, 0.3) is 5.91 Å². The molecule has 10 heteroatoms. The van der Waals surface area contributed by atoms with Crippen LogP contribution in [0.25, 0.3) is 16.9 Å². The zero-order valence-electron chi connectivity index (χ0n) is 19.4. The summed E-state index contributed by atoms with van der Waals surface area (Å²) in [5, 5.41) is 20.8. The standard InChI is InChI=1S/C25H26BrClN6O2/c1-16(34)30-18-10-8-17(9-11-18)25(35)32(2)13-5-12-28-23-14-22(19-6-3-4-7-21(19)27)31-24-20(26)15-29-33(23)24/h3-4,6-11,14-16,28,30,34H,5,12-13H2,1-2H3. The Labute approximate surface area is 217 Å². The van der Waals surface area contributed by atoms with Crippen LogP contribution in [0.2, 0.25) is 5.02 Å². The molecule has 1 atom stereocenters. The van der Waals surface area contributed by atoms with Gasteiger partial charge in [-0.1, -0.05) is 29.8 Å². The number of aromatic nitrogens is 3. The molecule has 0 saturated carbocycles. The molecule has 0 radical (unpaired) electrons. The molecule has 1 unspecified atom stereocenters. The van der Waals surface area contributed by atoms with Crippen molar-refractivity contribution in [1.82, 2.24) is 19.5 Å². The Morgan fingerprint density at radius 1 is 1.23 bits per heavy atom. The van der Waals surface area contributed by atoms with Gasteiger partial charge in [-0.3, -0.25) is 4.79 Å². The van der Waals surface area contributed by atoms with Crippen LogP contribution in [-0.4, -0.2) is 56.9 Å². The normalized spacial score (nSPS) is 11.9. The van der Waals surface area contributed by atoms with E-state index in [9.17, 15) is 9.90 Å². The van der Waals surface area contributed by atoms with Gasteiger partial charge in [-0.2, -0.15) is 9.61 Å². The number of aliphatic hydroxyl groups is 1. The molecule has 0 aliphatic carbocycles. The molecule has 8 nitrogen and oxygen atoms in total. The Morgan fingerprint density at radius 3 is 2.69 bits per heavy atom. The lowest BCUT2D eigenvalue weighted by Crippen LogP contribution is -2.29. The Balaban J connectivity index is 1.40. The van der Waals surface area contributed by atoms with E-state index >= 15 is 0 Å². The summed E-state index contributed by atoms with van der Waals surface area (Å²) in [6.45, 7) is 2.85.